The highest BCUT2D eigenvalue weighted by atomic mass is 16.7. The Labute approximate surface area is 125 Å². The Morgan fingerprint density at radius 3 is 1.57 bits per heavy atom. The summed E-state index contributed by atoms with van der Waals surface area (Å²) in [7, 11) is 0. The molecule has 2 aliphatic rings. The van der Waals surface area contributed by atoms with Crippen molar-refractivity contribution in [3.05, 3.63) is 0 Å². The van der Waals surface area contributed by atoms with E-state index in [2.05, 4.69) is 0 Å². The SMILES string of the molecule is C[C@H]1CC2(C[C@H](C)[C@H](O)[C@H](CCO)O2)O[C@@H](CCO)[C@H]1O. The second-order valence-corrected chi connectivity index (χ2v) is 6.59. The van der Waals surface area contributed by atoms with Crippen LogP contribution in [0, 0.1) is 11.8 Å². The van der Waals surface area contributed by atoms with Gasteiger partial charge in [0.1, 0.15) is 0 Å². The molecule has 4 N–H and O–H groups in total. The van der Waals surface area contributed by atoms with Gasteiger partial charge in [-0.2, -0.15) is 0 Å². The van der Waals surface area contributed by atoms with Crippen molar-refractivity contribution in [3.8, 4) is 0 Å². The van der Waals surface area contributed by atoms with Crippen molar-refractivity contribution >= 4 is 0 Å². The molecule has 0 radical (unpaired) electrons. The van der Waals surface area contributed by atoms with Crippen molar-refractivity contribution in [2.45, 2.75) is 69.7 Å². The molecule has 2 saturated heterocycles. The molecule has 0 saturated carbocycles. The third kappa shape index (κ3) is 3.57. The summed E-state index contributed by atoms with van der Waals surface area (Å²) in [4.78, 5) is 0. The molecule has 0 aromatic heterocycles. The topological polar surface area (TPSA) is 99.4 Å². The van der Waals surface area contributed by atoms with Gasteiger partial charge in [0, 0.05) is 26.1 Å². The molecule has 0 unspecified atom stereocenters. The number of hydrogen-bond donors (Lipinski definition) is 4. The Kier molecular flexibility index (Phi) is 5.62. The second kappa shape index (κ2) is 6.89. The maximum atomic E-state index is 10.2. The van der Waals surface area contributed by atoms with Crippen LogP contribution in [0.1, 0.15) is 39.5 Å². The molecular formula is C15H28O6. The second-order valence-electron chi connectivity index (χ2n) is 6.59. The molecule has 2 aliphatic heterocycles. The maximum Gasteiger partial charge on any atom is 0.169 e. The van der Waals surface area contributed by atoms with Crippen LogP contribution in [0.4, 0.5) is 0 Å². The highest BCUT2D eigenvalue weighted by molar-refractivity contribution is 4.94. The van der Waals surface area contributed by atoms with E-state index in [9.17, 15) is 10.2 Å². The van der Waals surface area contributed by atoms with Gasteiger partial charge in [-0.3, -0.25) is 0 Å². The minimum absolute atomic E-state index is 0.00693. The van der Waals surface area contributed by atoms with Crippen molar-refractivity contribution in [2.75, 3.05) is 13.2 Å². The Morgan fingerprint density at radius 2 is 1.24 bits per heavy atom. The van der Waals surface area contributed by atoms with Crippen molar-refractivity contribution in [1.82, 2.24) is 0 Å². The Morgan fingerprint density at radius 1 is 0.857 bits per heavy atom. The predicted molar refractivity (Wildman–Crippen MR) is 75.5 cm³/mol. The molecule has 0 aromatic carbocycles. The molecule has 2 heterocycles. The molecule has 0 aromatic rings. The van der Waals surface area contributed by atoms with E-state index in [1.54, 1.807) is 0 Å². The molecule has 6 heteroatoms. The van der Waals surface area contributed by atoms with Gasteiger partial charge < -0.3 is 29.9 Å². The first-order valence-electron chi connectivity index (χ1n) is 7.86. The van der Waals surface area contributed by atoms with E-state index in [1.165, 1.54) is 0 Å². The third-order valence-corrected chi connectivity index (χ3v) is 4.75. The summed E-state index contributed by atoms with van der Waals surface area (Å²) < 4.78 is 12.0. The van der Waals surface area contributed by atoms with Crippen molar-refractivity contribution in [2.24, 2.45) is 11.8 Å². The van der Waals surface area contributed by atoms with E-state index in [0.29, 0.717) is 25.7 Å². The van der Waals surface area contributed by atoms with Gasteiger partial charge in [-0.25, -0.2) is 0 Å². The average Bonchev–Trinajstić information content (AvgIpc) is 2.42. The van der Waals surface area contributed by atoms with E-state index >= 15 is 0 Å². The quantitative estimate of drug-likeness (QED) is 0.584. The number of rotatable bonds is 4. The Hall–Kier alpha value is -0.240. The van der Waals surface area contributed by atoms with Gasteiger partial charge in [0.05, 0.1) is 24.4 Å². The van der Waals surface area contributed by atoms with Gasteiger partial charge >= 0.3 is 0 Å². The van der Waals surface area contributed by atoms with E-state index < -0.39 is 30.2 Å². The zero-order chi connectivity index (χ0) is 15.6. The average molecular weight is 304 g/mol. The van der Waals surface area contributed by atoms with Crippen molar-refractivity contribution in [3.63, 3.8) is 0 Å². The fourth-order valence-electron chi connectivity index (χ4n) is 3.66. The van der Waals surface area contributed by atoms with Gasteiger partial charge in [0.25, 0.3) is 0 Å². The summed E-state index contributed by atoms with van der Waals surface area (Å²) in [6.45, 7) is 3.78. The molecule has 0 aliphatic carbocycles. The molecule has 6 nitrogen and oxygen atoms in total. The van der Waals surface area contributed by atoms with E-state index in [4.69, 9.17) is 19.7 Å². The van der Waals surface area contributed by atoms with Crippen LogP contribution in [0.2, 0.25) is 0 Å². The smallest absolute Gasteiger partial charge is 0.169 e. The summed E-state index contributed by atoms with van der Waals surface area (Å²) in [5.41, 5.74) is 0. The lowest BCUT2D eigenvalue weighted by Crippen LogP contribution is -2.59. The van der Waals surface area contributed by atoms with Gasteiger partial charge in [0.15, 0.2) is 5.79 Å². The van der Waals surface area contributed by atoms with E-state index in [1.807, 2.05) is 13.8 Å². The monoisotopic (exact) mass is 304 g/mol. The number of aliphatic hydroxyl groups excluding tert-OH is 4. The summed E-state index contributed by atoms with van der Waals surface area (Å²) in [6, 6.07) is 0. The Bertz CT molecular complexity index is 304. The third-order valence-electron chi connectivity index (χ3n) is 4.75. The van der Waals surface area contributed by atoms with Crippen LogP contribution in [0.3, 0.4) is 0 Å². The molecule has 6 atom stereocenters. The maximum absolute atomic E-state index is 10.2. The fourth-order valence-corrected chi connectivity index (χ4v) is 3.66. The zero-order valence-electron chi connectivity index (χ0n) is 12.8. The highest BCUT2D eigenvalue weighted by Gasteiger charge is 2.51. The van der Waals surface area contributed by atoms with Gasteiger partial charge in [-0.15, -0.1) is 0 Å². The molecule has 2 fully saturated rings. The number of ether oxygens (including phenoxy) is 2. The first-order chi connectivity index (χ1) is 9.92. The number of hydrogen-bond acceptors (Lipinski definition) is 6. The normalized spacial score (nSPS) is 47.7. The van der Waals surface area contributed by atoms with Crippen LogP contribution in [0.25, 0.3) is 0 Å². The van der Waals surface area contributed by atoms with Crippen LogP contribution >= 0.6 is 0 Å². The molecule has 2 rings (SSSR count). The molecule has 0 bridgehead atoms. The lowest BCUT2D eigenvalue weighted by molar-refractivity contribution is -0.360. The van der Waals surface area contributed by atoms with Crippen LogP contribution in [0.5, 0.6) is 0 Å². The highest BCUT2D eigenvalue weighted by Crippen LogP contribution is 2.44. The molecular weight excluding hydrogens is 276 g/mol. The predicted octanol–water partition coefficient (Wildman–Crippen LogP) is 0.0193. The lowest BCUT2D eigenvalue weighted by atomic mass is 9.79. The zero-order valence-corrected chi connectivity index (χ0v) is 12.8. The molecule has 21 heavy (non-hydrogen) atoms. The van der Waals surface area contributed by atoms with Gasteiger partial charge in [0.2, 0.25) is 0 Å². The van der Waals surface area contributed by atoms with E-state index in [0.717, 1.165) is 0 Å². The van der Waals surface area contributed by atoms with Gasteiger partial charge in [-0.05, 0) is 24.7 Å². The van der Waals surface area contributed by atoms with Crippen LogP contribution in [-0.2, 0) is 9.47 Å². The van der Waals surface area contributed by atoms with Crippen LogP contribution in [0.15, 0.2) is 0 Å². The summed E-state index contributed by atoms with van der Waals surface area (Å²) in [6.07, 6.45) is -0.345. The molecule has 124 valence electrons. The van der Waals surface area contributed by atoms with Crippen LogP contribution in [-0.4, -0.2) is 63.8 Å². The van der Waals surface area contributed by atoms with Gasteiger partial charge in [-0.1, -0.05) is 13.8 Å². The van der Waals surface area contributed by atoms with Crippen molar-refractivity contribution < 1.29 is 29.9 Å². The summed E-state index contributed by atoms with van der Waals surface area (Å²) in [5, 5.41) is 38.6. The van der Waals surface area contributed by atoms with Crippen molar-refractivity contribution in [1.29, 1.82) is 0 Å². The first-order valence-corrected chi connectivity index (χ1v) is 7.86. The lowest BCUT2D eigenvalue weighted by Gasteiger charge is -2.52. The van der Waals surface area contributed by atoms with E-state index in [-0.39, 0.29) is 25.0 Å². The first kappa shape index (κ1) is 17.1. The minimum Gasteiger partial charge on any atom is -0.396 e. The minimum atomic E-state index is -0.836. The summed E-state index contributed by atoms with van der Waals surface area (Å²) in [5.74, 6) is -0.850. The standard InChI is InChI=1S/C15H28O6/c1-9-7-15(20-11(3-5-16)13(9)18)8-10(2)14(19)12(21-15)4-6-17/h9-14,16-19H,3-8H2,1-2H3/t9-,10-,11-,12-,13-,14-,15?/m0/s1. The fraction of sp³-hybridized carbons (Fsp3) is 1.00. The molecule has 1 spiro atoms. The number of aliphatic hydroxyl groups is 4. The summed E-state index contributed by atoms with van der Waals surface area (Å²) >= 11 is 0. The Balaban J connectivity index is 2.15. The van der Waals surface area contributed by atoms with Crippen LogP contribution < -0.4 is 0 Å². The molecule has 0 amide bonds. The largest absolute Gasteiger partial charge is 0.396 e.